The SMILES string of the molecule is CN=C(NCCc1ccc(OC)cc1Cl)NCc1cccc(OCCN(C)C)c1. The first-order chi connectivity index (χ1) is 14.0. The van der Waals surface area contributed by atoms with Crippen LogP contribution in [-0.2, 0) is 13.0 Å². The minimum absolute atomic E-state index is 0.661. The van der Waals surface area contributed by atoms with E-state index in [-0.39, 0.29) is 0 Å². The van der Waals surface area contributed by atoms with Crippen LogP contribution in [0.2, 0.25) is 5.02 Å². The number of hydrogen-bond donors (Lipinski definition) is 2. The van der Waals surface area contributed by atoms with Gasteiger partial charge in [0, 0.05) is 31.7 Å². The summed E-state index contributed by atoms with van der Waals surface area (Å²) in [7, 11) is 7.46. The molecular weight excluding hydrogens is 388 g/mol. The molecule has 29 heavy (non-hydrogen) atoms. The Morgan fingerprint density at radius 2 is 1.93 bits per heavy atom. The summed E-state index contributed by atoms with van der Waals surface area (Å²) in [6.07, 6.45) is 0.790. The van der Waals surface area contributed by atoms with Crippen LogP contribution in [0.25, 0.3) is 0 Å². The van der Waals surface area contributed by atoms with Gasteiger partial charge in [-0.25, -0.2) is 0 Å². The van der Waals surface area contributed by atoms with Crippen LogP contribution in [0, 0.1) is 0 Å². The first-order valence-electron chi connectivity index (χ1n) is 9.65. The van der Waals surface area contributed by atoms with Crippen molar-refractivity contribution in [1.29, 1.82) is 0 Å². The average Bonchev–Trinajstić information content (AvgIpc) is 2.71. The quantitative estimate of drug-likeness (QED) is 0.458. The van der Waals surface area contributed by atoms with Crippen molar-refractivity contribution in [2.24, 2.45) is 4.99 Å². The molecule has 0 aliphatic carbocycles. The number of halogens is 1. The van der Waals surface area contributed by atoms with E-state index in [0.717, 1.165) is 48.1 Å². The summed E-state index contributed by atoms with van der Waals surface area (Å²) < 4.78 is 11.0. The van der Waals surface area contributed by atoms with Crippen LogP contribution < -0.4 is 20.1 Å². The average molecular weight is 419 g/mol. The third-order valence-corrected chi connectivity index (χ3v) is 4.69. The molecule has 0 aliphatic rings. The van der Waals surface area contributed by atoms with Crippen LogP contribution in [0.15, 0.2) is 47.5 Å². The number of rotatable bonds is 10. The maximum atomic E-state index is 6.30. The van der Waals surface area contributed by atoms with Gasteiger partial charge in [0.25, 0.3) is 0 Å². The Hall–Kier alpha value is -2.44. The van der Waals surface area contributed by atoms with Gasteiger partial charge >= 0.3 is 0 Å². The molecule has 2 N–H and O–H groups in total. The minimum atomic E-state index is 0.661. The molecule has 0 saturated heterocycles. The third-order valence-electron chi connectivity index (χ3n) is 4.34. The highest BCUT2D eigenvalue weighted by molar-refractivity contribution is 6.31. The van der Waals surface area contributed by atoms with Crippen molar-refractivity contribution in [1.82, 2.24) is 15.5 Å². The molecule has 0 saturated carbocycles. The molecule has 0 amide bonds. The molecule has 2 aromatic carbocycles. The first-order valence-corrected chi connectivity index (χ1v) is 10.0. The zero-order valence-corrected chi connectivity index (χ0v) is 18.4. The van der Waals surface area contributed by atoms with Crippen LogP contribution in [-0.4, -0.2) is 58.8 Å². The number of methoxy groups -OCH3 is 1. The lowest BCUT2D eigenvalue weighted by atomic mass is 10.1. The molecule has 0 aromatic heterocycles. The van der Waals surface area contributed by atoms with Gasteiger partial charge in [-0.05, 0) is 55.9 Å². The Labute approximate surface area is 178 Å². The molecule has 0 spiro atoms. The fraction of sp³-hybridized carbons (Fsp3) is 0.409. The highest BCUT2D eigenvalue weighted by atomic mass is 35.5. The monoisotopic (exact) mass is 418 g/mol. The number of guanidine groups is 1. The molecule has 2 rings (SSSR count). The number of nitrogens with one attached hydrogen (secondary N) is 2. The summed E-state index contributed by atoms with van der Waals surface area (Å²) in [6, 6.07) is 13.8. The van der Waals surface area contributed by atoms with E-state index in [1.807, 2.05) is 50.5 Å². The van der Waals surface area contributed by atoms with E-state index in [9.17, 15) is 0 Å². The second kappa shape index (κ2) is 12.2. The van der Waals surface area contributed by atoms with Crippen LogP contribution in [0.3, 0.4) is 0 Å². The highest BCUT2D eigenvalue weighted by Crippen LogP contribution is 2.22. The van der Waals surface area contributed by atoms with Crippen LogP contribution >= 0.6 is 11.6 Å². The first kappa shape index (κ1) is 22.8. The molecule has 0 fully saturated rings. The molecule has 0 unspecified atom stereocenters. The lowest BCUT2D eigenvalue weighted by molar-refractivity contribution is 0.261. The number of nitrogens with zero attached hydrogens (tertiary/aromatic N) is 2. The Balaban J connectivity index is 1.79. The van der Waals surface area contributed by atoms with Crippen LogP contribution in [0.4, 0.5) is 0 Å². The molecule has 7 heteroatoms. The molecule has 158 valence electrons. The maximum Gasteiger partial charge on any atom is 0.191 e. The van der Waals surface area contributed by atoms with Gasteiger partial charge in [-0.3, -0.25) is 4.99 Å². The zero-order valence-electron chi connectivity index (χ0n) is 17.7. The Kier molecular flexibility index (Phi) is 9.60. The van der Waals surface area contributed by atoms with Gasteiger partial charge < -0.3 is 25.0 Å². The van der Waals surface area contributed by atoms with Crippen molar-refractivity contribution in [2.75, 3.05) is 47.9 Å². The topological polar surface area (TPSA) is 58.1 Å². The fourth-order valence-corrected chi connectivity index (χ4v) is 2.94. The van der Waals surface area contributed by atoms with E-state index in [1.165, 1.54) is 0 Å². The molecule has 0 aliphatic heterocycles. The second-order valence-corrected chi connectivity index (χ2v) is 7.27. The third kappa shape index (κ3) is 8.21. The van der Waals surface area contributed by atoms with Gasteiger partial charge in [-0.1, -0.05) is 29.8 Å². The van der Waals surface area contributed by atoms with E-state index in [1.54, 1.807) is 14.2 Å². The summed E-state index contributed by atoms with van der Waals surface area (Å²) in [5.41, 5.74) is 2.20. The van der Waals surface area contributed by atoms with Gasteiger partial charge in [0.15, 0.2) is 5.96 Å². The van der Waals surface area contributed by atoms with E-state index in [0.29, 0.717) is 18.2 Å². The summed E-state index contributed by atoms with van der Waals surface area (Å²) in [5, 5.41) is 7.35. The van der Waals surface area contributed by atoms with E-state index in [4.69, 9.17) is 21.1 Å². The maximum absolute atomic E-state index is 6.30. The number of aliphatic imine (C=N–C) groups is 1. The summed E-state index contributed by atoms with van der Waals surface area (Å²) in [6.45, 7) is 2.94. The van der Waals surface area contributed by atoms with Crippen molar-refractivity contribution >= 4 is 17.6 Å². The van der Waals surface area contributed by atoms with E-state index < -0.39 is 0 Å². The van der Waals surface area contributed by atoms with Gasteiger partial charge in [-0.2, -0.15) is 0 Å². The summed E-state index contributed by atoms with van der Waals surface area (Å²) in [5.74, 6) is 2.38. The Morgan fingerprint density at radius 1 is 1.10 bits per heavy atom. The lowest BCUT2D eigenvalue weighted by Crippen LogP contribution is -2.37. The number of likely N-dealkylation sites (N-methyl/N-ethyl adjacent to an activating group) is 1. The predicted octanol–water partition coefficient (Wildman–Crippen LogP) is 3.20. The van der Waals surface area contributed by atoms with E-state index >= 15 is 0 Å². The smallest absolute Gasteiger partial charge is 0.191 e. The number of hydrogen-bond acceptors (Lipinski definition) is 4. The molecule has 0 radical (unpaired) electrons. The Morgan fingerprint density at radius 3 is 2.62 bits per heavy atom. The van der Waals surface area contributed by atoms with E-state index in [2.05, 4.69) is 26.6 Å². The minimum Gasteiger partial charge on any atom is -0.497 e. The Bertz CT molecular complexity index is 796. The van der Waals surface area contributed by atoms with Gasteiger partial charge in [-0.15, -0.1) is 0 Å². The highest BCUT2D eigenvalue weighted by Gasteiger charge is 2.04. The molecule has 0 heterocycles. The molecule has 0 atom stereocenters. The molecular formula is C22H31ClN4O2. The van der Waals surface area contributed by atoms with Gasteiger partial charge in [0.2, 0.25) is 0 Å². The summed E-state index contributed by atoms with van der Waals surface area (Å²) in [4.78, 5) is 6.38. The van der Waals surface area contributed by atoms with Crippen molar-refractivity contribution in [2.45, 2.75) is 13.0 Å². The van der Waals surface area contributed by atoms with Crippen molar-refractivity contribution in [3.63, 3.8) is 0 Å². The standard InChI is InChI=1S/C22H31ClN4O2/c1-24-22(25-11-10-18-8-9-19(28-4)15-21(18)23)26-16-17-6-5-7-20(14-17)29-13-12-27(2)3/h5-9,14-15H,10-13,16H2,1-4H3,(H2,24,25,26). The van der Waals surface area contributed by atoms with Gasteiger partial charge in [0.05, 0.1) is 7.11 Å². The van der Waals surface area contributed by atoms with Gasteiger partial charge in [0.1, 0.15) is 18.1 Å². The zero-order chi connectivity index (χ0) is 21.1. The molecule has 6 nitrogen and oxygen atoms in total. The van der Waals surface area contributed by atoms with Crippen molar-refractivity contribution < 1.29 is 9.47 Å². The number of benzene rings is 2. The molecule has 0 bridgehead atoms. The second-order valence-electron chi connectivity index (χ2n) is 6.86. The summed E-state index contributed by atoms with van der Waals surface area (Å²) >= 11 is 6.30. The normalized spacial score (nSPS) is 11.4. The lowest BCUT2D eigenvalue weighted by Gasteiger charge is -2.14. The van der Waals surface area contributed by atoms with Crippen molar-refractivity contribution in [3.05, 3.63) is 58.6 Å². The van der Waals surface area contributed by atoms with Crippen molar-refractivity contribution in [3.8, 4) is 11.5 Å². The van der Waals surface area contributed by atoms with Crippen LogP contribution in [0.5, 0.6) is 11.5 Å². The molecule has 2 aromatic rings. The fourth-order valence-electron chi connectivity index (χ4n) is 2.67. The predicted molar refractivity (Wildman–Crippen MR) is 120 cm³/mol. The van der Waals surface area contributed by atoms with Crippen LogP contribution in [0.1, 0.15) is 11.1 Å². The number of ether oxygens (including phenoxy) is 2. The largest absolute Gasteiger partial charge is 0.497 e.